The Kier molecular flexibility index (Phi) is 4.37. The molecule has 0 aliphatic heterocycles. The van der Waals surface area contributed by atoms with Gasteiger partial charge in [0, 0.05) is 13.1 Å². The second kappa shape index (κ2) is 6.22. The monoisotopic (exact) mass is 241 g/mol. The van der Waals surface area contributed by atoms with E-state index in [0.717, 1.165) is 13.1 Å². The Morgan fingerprint density at radius 3 is 2.33 bits per heavy atom. The summed E-state index contributed by atoms with van der Waals surface area (Å²) in [6.45, 7) is 4.01. The molecule has 0 heterocycles. The molecular formula is C16H19NO. The van der Waals surface area contributed by atoms with Crippen LogP contribution < -0.4 is 5.32 Å². The lowest BCUT2D eigenvalue weighted by Gasteiger charge is -2.13. The van der Waals surface area contributed by atoms with E-state index >= 15 is 0 Å². The molecule has 1 unspecified atom stereocenters. The van der Waals surface area contributed by atoms with Gasteiger partial charge in [0.25, 0.3) is 0 Å². The van der Waals surface area contributed by atoms with Gasteiger partial charge in [0.05, 0.1) is 0 Å². The highest BCUT2D eigenvalue weighted by Crippen LogP contribution is 2.17. The van der Waals surface area contributed by atoms with Gasteiger partial charge >= 0.3 is 0 Å². The van der Waals surface area contributed by atoms with E-state index in [1.165, 1.54) is 11.1 Å². The van der Waals surface area contributed by atoms with E-state index in [1.807, 2.05) is 18.2 Å². The van der Waals surface area contributed by atoms with Crippen LogP contribution in [0.2, 0.25) is 0 Å². The van der Waals surface area contributed by atoms with E-state index in [9.17, 15) is 5.11 Å². The maximum absolute atomic E-state index is 9.25. The summed E-state index contributed by atoms with van der Waals surface area (Å²) in [5.74, 6) is 0.762. The van der Waals surface area contributed by atoms with Crippen LogP contribution in [-0.4, -0.2) is 11.7 Å². The summed E-state index contributed by atoms with van der Waals surface area (Å²) in [5, 5.41) is 12.7. The summed E-state index contributed by atoms with van der Waals surface area (Å²) in [7, 11) is 0. The van der Waals surface area contributed by atoms with E-state index in [2.05, 4.69) is 36.5 Å². The fourth-order valence-corrected chi connectivity index (χ4v) is 1.95. The lowest BCUT2D eigenvalue weighted by molar-refractivity contribution is 0.474. The second-order valence-electron chi connectivity index (χ2n) is 4.61. The van der Waals surface area contributed by atoms with Crippen LogP contribution >= 0.6 is 0 Å². The van der Waals surface area contributed by atoms with Crippen LogP contribution in [0.1, 0.15) is 24.0 Å². The quantitative estimate of drug-likeness (QED) is 0.842. The maximum atomic E-state index is 9.25. The van der Waals surface area contributed by atoms with Crippen LogP contribution in [0.4, 0.5) is 0 Å². The normalized spacial score (nSPS) is 12.3. The van der Waals surface area contributed by atoms with Gasteiger partial charge in [-0.2, -0.15) is 0 Å². The number of phenols is 1. The lowest BCUT2D eigenvalue weighted by atomic mass is 10.0. The zero-order valence-corrected chi connectivity index (χ0v) is 10.6. The molecule has 0 bridgehead atoms. The van der Waals surface area contributed by atoms with Crippen LogP contribution in [0.3, 0.4) is 0 Å². The second-order valence-corrected chi connectivity index (χ2v) is 4.61. The molecule has 0 aromatic heterocycles. The Balaban J connectivity index is 1.81. The molecule has 0 spiro atoms. The van der Waals surface area contributed by atoms with Crippen molar-refractivity contribution in [1.29, 1.82) is 0 Å². The molecule has 2 nitrogen and oxygen atoms in total. The summed E-state index contributed by atoms with van der Waals surface area (Å²) in [5.41, 5.74) is 2.55. The van der Waals surface area contributed by atoms with Gasteiger partial charge in [-0.15, -0.1) is 0 Å². The number of phenolic OH excluding ortho intramolecular Hbond substituents is 1. The molecule has 0 fully saturated rings. The predicted molar refractivity (Wildman–Crippen MR) is 74.7 cm³/mol. The highest BCUT2D eigenvalue weighted by atomic mass is 16.3. The molecule has 2 heteroatoms. The molecule has 18 heavy (non-hydrogen) atoms. The standard InChI is InChI=1S/C16H19NO/c1-13(15-7-9-16(18)10-8-15)11-17-12-14-5-3-2-4-6-14/h2-10,13,17-18H,11-12H2,1H3. The minimum absolute atomic E-state index is 0.322. The molecule has 94 valence electrons. The van der Waals surface area contributed by atoms with Gasteiger partial charge in [-0.25, -0.2) is 0 Å². The third kappa shape index (κ3) is 3.60. The van der Waals surface area contributed by atoms with Crippen LogP contribution in [0, 0.1) is 0 Å². The first kappa shape index (κ1) is 12.7. The molecule has 0 amide bonds. The molecule has 0 radical (unpaired) electrons. The summed E-state index contributed by atoms with van der Waals surface area (Å²) in [6, 6.07) is 17.8. The molecule has 2 rings (SSSR count). The van der Waals surface area contributed by atoms with Crippen LogP contribution in [0.15, 0.2) is 54.6 Å². The van der Waals surface area contributed by atoms with E-state index in [0.29, 0.717) is 11.7 Å². The van der Waals surface area contributed by atoms with Crippen molar-refractivity contribution >= 4 is 0 Å². The maximum Gasteiger partial charge on any atom is 0.115 e. The van der Waals surface area contributed by atoms with E-state index in [-0.39, 0.29) is 0 Å². The first-order chi connectivity index (χ1) is 8.75. The van der Waals surface area contributed by atoms with Crippen molar-refractivity contribution in [2.75, 3.05) is 6.54 Å². The molecule has 2 aromatic carbocycles. The third-order valence-corrected chi connectivity index (χ3v) is 3.08. The number of benzene rings is 2. The average molecular weight is 241 g/mol. The smallest absolute Gasteiger partial charge is 0.115 e. The zero-order valence-electron chi connectivity index (χ0n) is 10.6. The van der Waals surface area contributed by atoms with Crippen molar-refractivity contribution in [1.82, 2.24) is 5.32 Å². The zero-order chi connectivity index (χ0) is 12.8. The summed E-state index contributed by atoms with van der Waals surface area (Å²) < 4.78 is 0. The molecule has 0 saturated carbocycles. The van der Waals surface area contributed by atoms with Gasteiger partial charge in [-0.3, -0.25) is 0 Å². The average Bonchev–Trinajstić information content (AvgIpc) is 2.40. The molecule has 0 aliphatic carbocycles. The van der Waals surface area contributed by atoms with Gasteiger partial charge in [0.15, 0.2) is 0 Å². The Hall–Kier alpha value is -1.80. The number of nitrogens with one attached hydrogen (secondary N) is 1. The van der Waals surface area contributed by atoms with Crippen molar-refractivity contribution in [2.24, 2.45) is 0 Å². The minimum Gasteiger partial charge on any atom is -0.508 e. The SMILES string of the molecule is CC(CNCc1ccccc1)c1ccc(O)cc1. The van der Waals surface area contributed by atoms with E-state index < -0.39 is 0 Å². The van der Waals surface area contributed by atoms with Crippen LogP contribution in [0.5, 0.6) is 5.75 Å². The highest BCUT2D eigenvalue weighted by molar-refractivity contribution is 5.28. The summed E-state index contributed by atoms with van der Waals surface area (Å²) in [6.07, 6.45) is 0. The summed E-state index contributed by atoms with van der Waals surface area (Å²) >= 11 is 0. The van der Waals surface area contributed by atoms with Crippen LogP contribution in [-0.2, 0) is 6.54 Å². The predicted octanol–water partition coefficient (Wildman–Crippen LogP) is 3.29. The molecule has 2 N–H and O–H groups in total. The van der Waals surface area contributed by atoms with Gasteiger partial charge in [-0.05, 0) is 29.2 Å². The number of hydrogen-bond acceptors (Lipinski definition) is 2. The Bertz CT molecular complexity index is 464. The molecule has 0 aliphatic rings. The van der Waals surface area contributed by atoms with Gasteiger partial charge in [0.1, 0.15) is 5.75 Å². The van der Waals surface area contributed by atoms with Crippen LogP contribution in [0.25, 0.3) is 0 Å². The van der Waals surface area contributed by atoms with E-state index in [1.54, 1.807) is 12.1 Å². The third-order valence-electron chi connectivity index (χ3n) is 3.08. The first-order valence-electron chi connectivity index (χ1n) is 6.29. The first-order valence-corrected chi connectivity index (χ1v) is 6.29. The Morgan fingerprint density at radius 1 is 1.00 bits per heavy atom. The molecule has 2 aromatic rings. The van der Waals surface area contributed by atoms with Crippen molar-refractivity contribution in [2.45, 2.75) is 19.4 Å². The Labute approximate surface area is 108 Å². The largest absolute Gasteiger partial charge is 0.508 e. The number of aromatic hydroxyl groups is 1. The Morgan fingerprint density at radius 2 is 1.67 bits per heavy atom. The fourth-order valence-electron chi connectivity index (χ4n) is 1.95. The van der Waals surface area contributed by atoms with Crippen molar-refractivity contribution in [3.8, 4) is 5.75 Å². The molecule has 1 atom stereocenters. The number of hydrogen-bond donors (Lipinski definition) is 2. The minimum atomic E-state index is 0.322. The van der Waals surface area contributed by atoms with Crippen molar-refractivity contribution in [3.63, 3.8) is 0 Å². The fraction of sp³-hybridized carbons (Fsp3) is 0.250. The highest BCUT2D eigenvalue weighted by Gasteiger charge is 2.04. The van der Waals surface area contributed by atoms with Gasteiger partial charge < -0.3 is 10.4 Å². The molecular weight excluding hydrogens is 222 g/mol. The molecule has 0 saturated heterocycles. The number of rotatable bonds is 5. The summed E-state index contributed by atoms with van der Waals surface area (Å²) in [4.78, 5) is 0. The van der Waals surface area contributed by atoms with Gasteiger partial charge in [0.2, 0.25) is 0 Å². The topological polar surface area (TPSA) is 32.3 Å². The van der Waals surface area contributed by atoms with Crippen molar-refractivity contribution < 1.29 is 5.11 Å². The van der Waals surface area contributed by atoms with E-state index in [4.69, 9.17) is 0 Å². The lowest BCUT2D eigenvalue weighted by Crippen LogP contribution is -2.19. The van der Waals surface area contributed by atoms with Crippen molar-refractivity contribution in [3.05, 3.63) is 65.7 Å². The van der Waals surface area contributed by atoms with Gasteiger partial charge in [-0.1, -0.05) is 49.4 Å².